The van der Waals surface area contributed by atoms with Crippen molar-refractivity contribution in [2.45, 2.75) is 19.3 Å². The van der Waals surface area contributed by atoms with Gasteiger partial charge in [0.1, 0.15) is 0 Å². The predicted octanol–water partition coefficient (Wildman–Crippen LogP) is 14.2. The highest BCUT2D eigenvalue weighted by Gasteiger charge is 2.35. The summed E-state index contributed by atoms with van der Waals surface area (Å²) in [7, 11) is 0. The van der Waals surface area contributed by atoms with Crippen molar-refractivity contribution in [2.75, 3.05) is 0 Å². The second-order valence-electron chi connectivity index (χ2n) is 15.8. The van der Waals surface area contributed by atoms with E-state index >= 15 is 0 Å². The number of para-hydroxylation sites is 2. The summed E-state index contributed by atoms with van der Waals surface area (Å²) in [5.41, 5.74) is 18.2. The third-order valence-electron chi connectivity index (χ3n) is 12.0. The molecule has 0 atom stereocenters. The van der Waals surface area contributed by atoms with Crippen molar-refractivity contribution in [2.24, 2.45) is 0 Å². The second-order valence-corrected chi connectivity index (χ2v) is 15.8. The van der Waals surface area contributed by atoms with Crippen LogP contribution in [0.4, 0.5) is 0 Å². The van der Waals surface area contributed by atoms with Crippen LogP contribution in [0.3, 0.4) is 0 Å². The Morgan fingerprint density at radius 2 is 0.897 bits per heavy atom. The monoisotopic (exact) mass is 741 g/mol. The molecule has 0 saturated carbocycles. The zero-order valence-electron chi connectivity index (χ0n) is 32.4. The predicted molar refractivity (Wildman–Crippen MR) is 241 cm³/mol. The fourth-order valence-electron chi connectivity index (χ4n) is 9.07. The van der Waals surface area contributed by atoms with E-state index in [9.17, 15) is 0 Å². The average molecular weight is 742 g/mol. The highest BCUT2D eigenvalue weighted by atomic mass is 15.0. The fraction of sp³-hybridized carbons (Fsp3) is 0.0545. The Labute approximate surface area is 338 Å². The zero-order valence-corrected chi connectivity index (χ0v) is 32.4. The van der Waals surface area contributed by atoms with E-state index in [4.69, 9.17) is 9.97 Å². The first kappa shape index (κ1) is 33.9. The topological polar surface area (TPSA) is 30.7 Å². The minimum Gasteiger partial charge on any atom is -0.309 e. The highest BCUT2D eigenvalue weighted by molar-refractivity contribution is 6.10. The van der Waals surface area contributed by atoms with Crippen LogP contribution in [0.2, 0.25) is 0 Å². The number of rotatable bonds is 6. The third-order valence-corrected chi connectivity index (χ3v) is 12.0. The molecule has 0 unspecified atom stereocenters. The molecule has 0 amide bonds. The van der Waals surface area contributed by atoms with E-state index in [2.05, 4.69) is 206 Å². The zero-order chi connectivity index (χ0) is 38.8. The molecule has 2 heterocycles. The van der Waals surface area contributed by atoms with E-state index in [1.165, 1.54) is 49.6 Å². The quantitative estimate of drug-likeness (QED) is 0.170. The van der Waals surface area contributed by atoms with E-state index in [0.29, 0.717) is 5.82 Å². The van der Waals surface area contributed by atoms with Gasteiger partial charge in [0, 0.05) is 38.6 Å². The van der Waals surface area contributed by atoms with Crippen LogP contribution in [0.1, 0.15) is 25.0 Å². The Morgan fingerprint density at radius 1 is 0.362 bits per heavy atom. The van der Waals surface area contributed by atoms with Gasteiger partial charge in [-0.1, -0.05) is 153 Å². The van der Waals surface area contributed by atoms with Crippen LogP contribution < -0.4 is 0 Å². The normalized spacial score (nSPS) is 12.8. The highest BCUT2D eigenvalue weighted by Crippen LogP contribution is 2.50. The summed E-state index contributed by atoms with van der Waals surface area (Å²) in [5, 5.41) is 2.45. The molecule has 0 saturated heterocycles. The Morgan fingerprint density at radius 3 is 1.60 bits per heavy atom. The van der Waals surface area contributed by atoms with E-state index in [0.717, 1.165) is 50.5 Å². The lowest BCUT2D eigenvalue weighted by molar-refractivity contribution is 0.660. The van der Waals surface area contributed by atoms with Gasteiger partial charge in [0.15, 0.2) is 5.82 Å². The van der Waals surface area contributed by atoms with Crippen LogP contribution in [0.25, 0.3) is 94.8 Å². The molecule has 58 heavy (non-hydrogen) atoms. The molecule has 0 aliphatic heterocycles. The third kappa shape index (κ3) is 5.58. The first-order chi connectivity index (χ1) is 28.5. The molecule has 3 nitrogen and oxygen atoms in total. The molecule has 3 heteroatoms. The SMILES string of the molecule is CC1(C)c2ccccc2-c2ccc(-c3cc(-c4ccc5c(c4)c4ccccc4n5-c4ccccc4)cc(-c4nc(-c5ccccc5)cc(-c5ccccc5)n4)c3)cc21. The van der Waals surface area contributed by atoms with Crippen molar-refractivity contribution in [3.05, 3.63) is 211 Å². The lowest BCUT2D eigenvalue weighted by Crippen LogP contribution is -2.14. The molecule has 10 aromatic rings. The summed E-state index contributed by atoms with van der Waals surface area (Å²) in [6.07, 6.45) is 0. The van der Waals surface area contributed by atoms with Crippen LogP contribution >= 0.6 is 0 Å². The average Bonchev–Trinajstić information content (AvgIpc) is 3.74. The summed E-state index contributed by atoms with van der Waals surface area (Å²) >= 11 is 0. The molecular weight excluding hydrogens is 703 g/mol. The molecular formula is C55H39N3. The van der Waals surface area contributed by atoms with Gasteiger partial charge in [0.2, 0.25) is 0 Å². The minimum absolute atomic E-state index is 0.113. The molecule has 0 fully saturated rings. The van der Waals surface area contributed by atoms with Gasteiger partial charge in [-0.25, -0.2) is 9.97 Å². The van der Waals surface area contributed by atoms with Crippen LogP contribution in [-0.2, 0) is 5.41 Å². The molecule has 0 N–H and O–H groups in total. The van der Waals surface area contributed by atoms with E-state index in [1.807, 2.05) is 12.1 Å². The summed E-state index contributed by atoms with van der Waals surface area (Å²) < 4.78 is 2.37. The number of fused-ring (bicyclic) bond motifs is 6. The Hall–Kier alpha value is -7.36. The maximum atomic E-state index is 5.29. The molecule has 0 bridgehead atoms. The van der Waals surface area contributed by atoms with Crippen molar-refractivity contribution in [1.29, 1.82) is 0 Å². The van der Waals surface area contributed by atoms with Crippen molar-refractivity contribution >= 4 is 21.8 Å². The van der Waals surface area contributed by atoms with Crippen LogP contribution in [0.15, 0.2) is 200 Å². The van der Waals surface area contributed by atoms with Gasteiger partial charge in [0.25, 0.3) is 0 Å². The van der Waals surface area contributed by atoms with E-state index in [-0.39, 0.29) is 5.41 Å². The van der Waals surface area contributed by atoms with Crippen LogP contribution in [0.5, 0.6) is 0 Å². The summed E-state index contributed by atoms with van der Waals surface area (Å²) in [6, 6.07) is 71.9. The first-order valence-corrected chi connectivity index (χ1v) is 20.0. The van der Waals surface area contributed by atoms with Crippen molar-refractivity contribution in [1.82, 2.24) is 14.5 Å². The summed E-state index contributed by atoms with van der Waals surface area (Å²) in [4.78, 5) is 10.6. The molecule has 8 aromatic carbocycles. The van der Waals surface area contributed by atoms with Crippen molar-refractivity contribution in [3.63, 3.8) is 0 Å². The Balaban J connectivity index is 1.14. The van der Waals surface area contributed by atoms with Gasteiger partial charge in [-0.2, -0.15) is 0 Å². The van der Waals surface area contributed by atoms with Gasteiger partial charge >= 0.3 is 0 Å². The van der Waals surface area contributed by atoms with Crippen molar-refractivity contribution < 1.29 is 0 Å². The maximum absolute atomic E-state index is 5.29. The van der Waals surface area contributed by atoms with Crippen LogP contribution in [0, 0.1) is 0 Å². The van der Waals surface area contributed by atoms with Gasteiger partial charge in [-0.3, -0.25) is 0 Å². The fourth-order valence-corrected chi connectivity index (χ4v) is 9.07. The number of nitrogens with zero attached hydrogens (tertiary/aromatic N) is 3. The van der Waals surface area contributed by atoms with E-state index in [1.54, 1.807) is 0 Å². The number of benzene rings is 8. The maximum Gasteiger partial charge on any atom is 0.160 e. The Bertz CT molecular complexity index is 3120. The lowest BCUT2D eigenvalue weighted by atomic mass is 9.81. The number of hydrogen-bond donors (Lipinski definition) is 0. The second kappa shape index (κ2) is 13.4. The van der Waals surface area contributed by atoms with Gasteiger partial charge in [0.05, 0.1) is 22.4 Å². The van der Waals surface area contributed by atoms with Gasteiger partial charge < -0.3 is 4.57 Å². The minimum atomic E-state index is -0.113. The molecule has 1 aliphatic rings. The Kier molecular flexibility index (Phi) is 7.84. The number of hydrogen-bond acceptors (Lipinski definition) is 2. The lowest BCUT2D eigenvalue weighted by Gasteiger charge is -2.22. The molecule has 0 radical (unpaired) electrons. The molecule has 11 rings (SSSR count). The van der Waals surface area contributed by atoms with Crippen LogP contribution in [-0.4, -0.2) is 14.5 Å². The van der Waals surface area contributed by atoms with Crippen molar-refractivity contribution in [3.8, 4) is 73.0 Å². The largest absolute Gasteiger partial charge is 0.309 e. The molecule has 274 valence electrons. The van der Waals surface area contributed by atoms with E-state index < -0.39 is 0 Å². The summed E-state index contributed by atoms with van der Waals surface area (Å²) in [6.45, 7) is 4.69. The molecule has 1 aliphatic carbocycles. The van der Waals surface area contributed by atoms with Gasteiger partial charge in [-0.15, -0.1) is 0 Å². The smallest absolute Gasteiger partial charge is 0.160 e. The summed E-state index contributed by atoms with van der Waals surface area (Å²) in [5.74, 6) is 0.693. The number of aromatic nitrogens is 3. The standard InChI is InChI=1S/C55H39N3/c1-55(2)48-24-14-12-22-44(48)45-28-26-39(34-49(45)55)41-30-40(38-27-29-53-47(33-38)46-23-13-15-25-52(46)58(53)43-20-10-5-11-21-43)31-42(32-41)54-56-50(36-16-6-3-7-17-36)35-51(57-54)37-18-8-4-9-19-37/h3-35H,1-2H3. The first-order valence-electron chi connectivity index (χ1n) is 20.0. The molecule has 2 aromatic heterocycles. The molecule has 0 spiro atoms. The van der Waals surface area contributed by atoms with Gasteiger partial charge in [-0.05, 0) is 105 Å².